The molecule has 2 aromatic heterocycles. The van der Waals surface area contributed by atoms with Gasteiger partial charge < -0.3 is 19.2 Å². The van der Waals surface area contributed by atoms with Gasteiger partial charge in [0.1, 0.15) is 5.76 Å². The van der Waals surface area contributed by atoms with Crippen LogP contribution in [0.25, 0.3) is 0 Å². The van der Waals surface area contributed by atoms with E-state index in [0.717, 1.165) is 50.6 Å². The minimum atomic E-state index is 0. The van der Waals surface area contributed by atoms with Crippen LogP contribution in [-0.2, 0) is 20.0 Å². The van der Waals surface area contributed by atoms with Crippen molar-refractivity contribution in [3.63, 3.8) is 0 Å². The zero-order chi connectivity index (χ0) is 16.5. The van der Waals surface area contributed by atoms with Gasteiger partial charge in [-0.25, -0.2) is 0 Å². The summed E-state index contributed by atoms with van der Waals surface area (Å²) in [6.45, 7) is 4.70. The highest BCUT2D eigenvalue weighted by Gasteiger charge is 2.09. The van der Waals surface area contributed by atoms with E-state index in [9.17, 15) is 0 Å². The zero-order valence-electron chi connectivity index (χ0n) is 14.9. The van der Waals surface area contributed by atoms with Crippen LogP contribution >= 0.6 is 24.0 Å². The van der Waals surface area contributed by atoms with Crippen molar-refractivity contribution in [2.75, 3.05) is 20.1 Å². The lowest BCUT2D eigenvalue weighted by Crippen LogP contribution is -2.40. The number of furan rings is 1. The largest absolute Gasteiger partial charge is 0.469 e. The molecule has 0 bridgehead atoms. The summed E-state index contributed by atoms with van der Waals surface area (Å²) in [6, 6.07) is 8.14. The molecule has 24 heavy (non-hydrogen) atoms. The predicted molar refractivity (Wildman–Crippen MR) is 110 cm³/mol. The fourth-order valence-electron chi connectivity index (χ4n) is 2.39. The zero-order valence-corrected chi connectivity index (χ0v) is 17.2. The van der Waals surface area contributed by atoms with Crippen molar-refractivity contribution in [2.45, 2.75) is 32.7 Å². The molecule has 5 nitrogen and oxygen atoms in total. The standard InChI is InChI=1S/C18H28N4O.HI/c1-4-5-11-19-18(20-12-10-17-9-7-14-23-17)22(3)15-16-8-6-13-21(16)2;/h6-9,13-14H,4-5,10-12,15H2,1-3H3,(H,19,20);1H. The molecule has 6 heteroatoms. The Labute approximate surface area is 162 Å². The van der Waals surface area contributed by atoms with Gasteiger partial charge in [-0.15, -0.1) is 24.0 Å². The van der Waals surface area contributed by atoms with E-state index in [0.29, 0.717) is 0 Å². The molecule has 1 N–H and O–H groups in total. The molecule has 0 fully saturated rings. The molecule has 0 aliphatic heterocycles. The Hall–Kier alpha value is -1.44. The Balaban J connectivity index is 0.00000288. The van der Waals surface area contributed by atoms with Gasteiger partial charge in [-0.2, -0.15) is 0 Å². The third kappa shape index (κ3) is 6.59. The number of rotatable bonds is 8. The van der Waals surface area contributed by atoms with Gasteiger partial charge in [-0.05, 0) is 30.7 Å². The van der Waals surface area contributed by atoms with Crippen molar-refractivity contribution < 1.29 is 4.42 Å². The maximum absolute atomic E-state index is 5.38. The molecule has 0 amide bonds. The van der Waals surface area contributed by atoms with Crippen LogP contribution in [0.15, 0.2) is 46.1 Å². The van der Waals surface area contributed by atoms with Crippen molar-refractivity contribution in [2.24, 2.45) is 12.0 Å². The molecular weight excluding hydrogens is 415 g/mol. The number of aliphatic imine (C=N–C) groups is 1. The predicted octanol–water partition coefficient (Wildman–Crippen LogP) is 3.66. The molecule has 0 saturated heterocycles. The van der Waals surface area contributed by atoms with Crippen molar-refractivity contribution in [1.29, 1.82) is 0 Å². The molecular formula is C18H29IN4O. The van der Waals surface area contributed by atoms with E-state index in [-0.39, 0.29) is 24.0 Å². The first-order chi connectivity index (χ1) is 11.2. The third-order valence-electron chi connectivity index (χ3n) is 3.82. The molecule has 0 atom stereocenters. The smallest absolute Gasteiger partial charge is 0.194 e. The van der Waals surface area contributed by atoms with Gasteiger partial charge >= 0.3 is 0 Å². The maximum Gasteiger partial charge on any atom is 0.194 e. The van der Waals surface area contributed by atoms with E-state index in [4.69, 9.17) is 9.41 Å². The van der Waals surface area contributed by atoms with Crippen LogP contribution in [-0.4, -0.2) is 35.6 Å². The van der Waals surface area contributed by atoms with E-state index in [1.807, 2.05) is 12.1 Å². The number of unbranched alkanes of at least 4 members (excludes halogenated alkanes) is 1. The highest BCUT2D eigenvalue weighted by molar-refractivity contribution is 14.0. The first kappa shape index (κ1) is 20.6. The topological polar surface area (TPSA) is 45.7 Å². The average Bonchev–Trinajstić information content (AvgIpc) is 3.18. The van der Waals surface area contributed by atoms with E-state index in [1.165, 1.54) is 5.69 Å². The molecule has 0 aliphatic carbocycles. The van der Waals surface area contributed by atoms with Gasteiger partial charge in [-0.1, -0.05) is 13.3 Å². The molecule has 134 valence electrons. The fourth-order valence-corrected chi connectivity index (χ4v) is 2.39. The summed E-state index contributed by atoms with van der Waals surface area (Å²) in [6.07, 6.45) is 6.92. The number of nitrogens with one attached hydrogen (secondary N) is 1. The summed E-state index contributed by atoms with van der Waals surface area (Å²) in [7, 11) is 4.15. The second kappa shape index (κ2) is 11.2. The Morgan fingerprint density at radius 1 is 1.33 bits per heavy atom. The van der Waals surface area contributed by atoms with Gasteiger partial charge in [-0.3, -0.25) is 4.99 Å². The van der Waals surface area contributed by atoms with Crippen LogP contribution in [0.3, 0.4) is 0 Å². The number of hydrogen-bond donors (Lipinski definition) is 1. The molecule has 2 heterocycles. The van der Waals surface area contributed by atoms with Crippen LogP contribution in [0, 0.1) is 0 Å². The van der Waals surface area contributed by atoms with Crippen LogP contribution < -0.4 is 5.32 Å². The summed E-state index contributed by atoms with van der Waals surface area (Å²) >= 11 is 0. The Morgan fingerprint density at radius 2 is 2.17 bits per heavy atom. The second-order valence-corrected chi connectivity index (χ2v) is 5.78. The third-order valence-corrected chi connectivity index (χ3v) is 3.82. The minimum Gasteiger partial charge on any atom is -0.469 e. The molecule has 0 aromatic carbocycles. The summed E-state index contributed by atoms with van der Waals surface area (Å²) in [5.41, 5.74) is 1.27. The SMILES string of the molecule is CCCCN=C(NCCc1ccco1)N(C)Cc1cccn1C.I. The number of nitrogens with zero attached hydrogens (tertiary/aromatic N) is 3. The van der Waals surface area contributed by atoms with Crippen molar-refractivity contribution in [1.82, 2.24) is 14.8 Å². The van der Waals surface area contributed by atoms with Gasteiger partial charge in [0.05, 0.1) is 12.8 Å². The van der Waals surface area contributed by atoms with Crippen LogP contribution in [0.5, 0.6) is 0 Å². The number of hydrogen-bond acceptors (Lipinski definition) is 2. The second-order valence-electron chi connectivity index (χ2n) is 5.78. The molecule has 2 aromatic rings. The van der Waals surface area contributed by atoms with E-state index in [2.05, 4.69) is 54.1 Å². The van der Waals surface area contributed by atoms with Crippen LogP contribution in [0.2, 0.25) is 0 Å². The van der Waals surface area contributed by atoms with E-state index >= 15 is 0 Å². The van der Waals surface area contributed by atoms with E-state index in [1.54, 1.807) is 6.26 Å². The fraction of sp³-hybridized carbons (Fsp3) is 0.500. The Bertz CT molecular complexity index is 592. The number of aromatic nitrogens is 1. The van der Waals surface area contributed by atoms with Gasteiger partial charge in [0, 0.05) is 45.5 Å². The first-order valence-electron chi connectivity index (χ1n) is 8.32. The van der Waals surface area contributed by atoms with Gasteiger partial charge in [0.15, 0.2) is 5.96 Å². The summed E-state index contributed by atoms with van der Waals surface area (Å²) in [5.74, 6) is 1.95. The summed E-state index contributed by atoms with van der Waals surface area (Å²) < 4.78 is 7.52. The highest BCUT2D eigenvalue weighted by Crippen LogP contribution is 2.05. The molecule has 0 unspecified atom stereocenters. The summed E-state index contributed by atoms with van der Waals surface area (Å²) in [5, 5.41) is 3.46. The van der Waals surface area contributed by atoms with Gasteiger partial charge in [0.25, 0.3) is 0 Å². The average molecular weight is 444 g/mol. The van der Waals surface area contributed by atoms with E-state index < -0.39 is 0 Å². The Morgan fingerprint density at radius 3 is 2.79 bits per heavy atom. The number of halogens is 1. The number of aryl methyl sites for hydroxylation is 1. The number of guanidine groups is 1. The highest BCUT2D eigenvalue weighted by atomic mass is 127. The monoisotopic (exact) mass is 444 g/mol. The molecule has 0 radical (unpaired) electrons. The Kier molecular flexibility index (Phi) is 9.59. The quantitative estimate of drug-likeness (QED) is 0.293. The summed E-state index contributed by atoms with van der Waals surface area (Å²) in [4.78, 5) is 6.91. The first-order valence-corrected chi connectivity index (χ1v) is 8.32. The lowest BCUT2D eigenvalue weighted by atomic mass is 10.3. The maximum atomic E-state index is 5.38. The lowest BCUT2D eigenvalue weighted by molar-refractivity contribution is 0.455. The van der Waals surface area contributed by atoms with Crippen molar-refractivity contribution >= 4 is 29.9 Å². The van der Waals surface area contributed by atoms with Crippen molar-refractivity contribution in [3.8, 4) is 0 Å². The molecule has 2 rings (SSSR count). The van der Waals surface area contributed by atoms with Crippen LogP contribution in [0.1, 0.15) is 31.2 Å². The molecule has 0 saturated carbocycles. The molecule has 0 spiro atoms. The molecule has 0 aliphatic rings. The van der Waals surface area contributed by atoms with Gasteiger partial charge in [0.2, 0.25) is 0 Å². The minimum absolute atomic E-state index is 0. The normalized spacial score (nSPS) is 11.2. The van der Waals surface area contributed by atoms with Crippen LogP contribution in [0.4, 0.5) is 0 Å². The lowest BCUT2D eigenvalue weighted by Gasteiger charge is -2.23. The van der Waals surface area contributed by atoms with Crippen molar-refractivity contribution in [3.05, 3.63) is 48.2 Å².